The number of amides is 1. The number of carbonyl (C=O) groups excluding carboxylic acids is 1. The summed E-state index contributed by atoms with van der Waals surface area (Å²) in [5.74, 6) is -0.245. The predicted molar refractivity (Wildman–Crippen MR) is 125 cm³/mol. The molecule has 1 aliphatic heterocycles. The number of hydrogen-bond donors (Lipinski definition) is 0. The number of piperidine rings is 1. The van der Waals surface area contributed by atoms with Gasteiger partial charge in [-0.3, -0.25) is 4.79 Å². The Labute approximate surface area is 192 Å². The molecule has 1 saturated heterocycles. The zero-order valence-corrected chi connectivity index (χ0v) is 19.3. The molecule has 4 rings (SSSR count). The number of anilines is 1. The summed E-state index contributed by atoms with van der Waals surface area (Å²) in [6, 6.07) is 18.3. The van der Waals surface area contributed by atoms with Crippen LogP contribution in [0.3, 0.4) is 0 Å². The van der Waals surface area contributed by atoms with Gasteiger partial charge in [0.05, 0.1) is 5.02 Å². The summed E-state index contributed by atoms with van der Waals surface area (Å²) < 4.78 is 27.4. The van der Waals surface area contributed by atoms with Crippen LogP contribution in [0.15, 0.2) is 65.6 Å². The molecule has 1 heterocycles. The Morgan fingerprint density at radius 2 is 1.65 bits per heavy atom. The maximum Gasteiger partial charge on any atom is 0.244 e. The van der Waals surface area contributed by atoms with E-state index in [-0.39, 0.29) is 34.8 Å². The highest BCUT2D eigenvalue weighted by Gasteiger charge is 2.34. The van der Waals surface area contributed by atoms with E-state index in [2.05, 4.69) is 0 Å². The van der Waals surface area contributed by atoms with Gasteiger partial charge in [-0.25, -0.2) is 8.42 Å². The van der Waals surface area contributed by atoms with Gasteiger partial charge in [-0.2, -0.15) is 4.31 Å². The van der Waals surface area contributed by atoms with Crippen molar-refractivity contribution < 1.29 is 13.2 Å². The fourth-order valence-corrected chi connectivity index (χ4v) is 6.15. The summed E-state index contributed by atoms with van der Waals surface area (Å²) in [6.45, 7) is 0.514. The molecular weight excluding hydrogens is 455 g/mol. The number of nitrogens with zero attached hydrogens (tertiary/aromatic N) is 2. The highest BCUT2D eigenvalue weighted by molar-refractivity contribution is 7.89. The third-order valence-electron chi connectivity index (χ3n) is 5.77. The van der Waals surface area contributed by atoms with Crippen molar-refractivity contribution in [3.05, 3.63) is 70.7 Å². The molecule has 3 aromatic rings. The van der Waals surface area contributed by atoms with Gasteiger partial charge in [0.15, 0.2) is 0 Å². The summed E-state index contributed by atoms with van der Waals surface area (Å²) in [6.07, 6.45) is 0.905. The number of sulfonamides is 1. The monoisotopic (exact) mass is 476 g/mol. The Bertz CT molecular complexity index is 1240. The molecule has 8 heteroatoms. The van der Waals surface area contributed by atoms with Crippen LogP contribution in [-0.4, -0.2) is 38.8 Å². The lowest BCUT2D eigenvalue weighted by molar-refractivity contribution is -0.123. The third kappa shape index (κ3) is 4.44. The van der Waals surface area contributed by atoms with E-state index in [1.54, 1.807) is 18.0 Å². The van der Waals surface area contributed by atoms with E-state index in [9.17, 15) is 13.2 Å². The largest absolute Gasteiger partial charge is 0.315 e. The van der Waals surface area contributed by atoms with Gasteiger partial charge in [-0.15, -0.1) is 0 Å². The van der Waals surface area contributed by atoms with E-state index in [1.165, 1.54) is 16.4 Å². The van der Waals surface area contributed by atoms with Crippen LogP contribution in [0, 0.1) is 5.92 Å². The molecule has 1 aliphatic rings. The minimum Gasteiger partial charge on any atom is -0.315 e. The Morgan fingerprint density at radius 3 is 2.35 bits per heavy atom. The van der Waals surface area contributed by atoms with Crippen molar-refractivity contribution in [1.29, 1.82) is 0 Å². The fourth-order valence-electron chi connectivity index (χ4n) is 3.94. The molecule has 31 heavy (non-hydrogen) atoms. The quantitative estimate of drug-likeness (QED) is 0.519. The summed E-state index contributed by atoms with van der Waals surface area (Å²) in [7, 11) is -2.00. The molecule has 5 nitrogen and oxygen atoms in total. The minimum atomic E-state index is -3.77. The van der Waals surface area contributed by atoms with E-state index in [0.29, 0.717) is 17.9 Å². The lowest BCUT2D eigenvalue weighted by atomic mass is 9.96. The average molecular weight is 477 g/mol. The van der Waals surface area contributed by atoms with E-state index in [0.717, 1.165) is 16.5 Å². The van der Waals surface area contributed by atoms with E-state index >= 15 is 0 Å². The van der Waals surface area contributed by atoms with Crippen molar-refractivity contribution in [3.8, 4) is 0 Å². The molecule has 3 aromatic carbocycles. The molecule has 0 aliphatic carbocycles. The first-order valence-electron chi connectivity index (χ1n) is 9.99. The van der Waals surface area contributed by atoms with E-state index in [1.807, 2.05) is 42.5 Å². The van der Waals surface area contributed by atoms with Crippen LogP contribution in [0.2, 0.25) is 10.0 Å². The molecule has 0 bridgehead atoms. The van der Waals surface area contributed by atoms with Crippen LogP contribution in [0.5, 0.6) is 0 Å². The first-order valence-corrected chi connectivity index (χ1v) is 12.2. The molecule has 0 aromatic heterocycles. The van der Waals surface area contributed by atoms with Gasteiger partial charge in [0.25, 0.3) is 0 Å². The van der Waals surface area contributed by atoms with Crippen LogP contribution in [0.25, 0.3) is 10.8 Å². The van der Waals surface area contributed by atoms with Crippen LogP contribution >= 0.6 is 23.2 Å². The molecular formula is C23H22Cl2N2O3S. The number of carbonyl (C=O) groups is 1. The lowest BCUT2D eigenvalue weighted by Gasteiger charge is -2.32. The van der Waals surface area contributed by atoms with Crippen LogP contribution < -0.4 is 4.90 Å². The Hall–Kier alpha value is -2.12. The number of rotatable bonds is 4. The molecule has 1 amide bonds. The zero-order valence-electron chi connectivity index (χ0n) is 17.0. The van der Waals surface area contributed by atoms with Crippen molar-refractivity contribution in [1.82, 2.24) is 4.31 Å². The third-order valence-corrected chi connectivity index (χ3v) is 8.38. The highest BCUT2D eigenvalue weighted by Crippen LogP contribution is 2.31. The number of halogens is 2. The maximum absolute atomic E-state index is 13.1. The van der Waals surface area contributed by atoms with Gasteiger partial charge in [0.1, 0.15) is 4.90 Å². The van der Waals surface area contributed by atoms with E-state index in [4.69, 9.17) is 23.2 Å². The second kappa shape index (κ2) is 8.79. The fraction of sp³-hybridized carbons (Fsp3) is 0.261. The normalized spacial score (nSPS) is 15.8. The molecule has 1 fully saturated rings. The summed E-state index contributed by atoms with van der Waals surface area (Å²) in [4.78, 5) is 14.7. The zero-order chi connectivity index (χ0) is 22.2. The molecule has 0 unspecified atom stereocenters. The standard InChI is InChI=1S/C23H22Cl2N2O3S/c1-26(20-8-6-16-4-2-3-5-18(16)14-20)23(28)17-10-12-27(13-11-17)31(29,30)22-15-19(24)7-9-21(22)25/h2-9,14-15,17H,10-13H2,1H3. The van der Waals surface area contributed by atoms with Gasteiger partial charge in [-0.1, -0.05) is 53.5 Å². The Kier molecular flexibility index (Phi) is 6.26. The first-order chi connectivity index (χ1) is 14.8. The second-order valence-electron chi connectivity index (χ2n) is 7.68. The van der Waals surface area contributed by atoms with Crippen molar-refractivity contribution in [3.63, 3.8) is 0 Å². The van der Waals surface area contributed by atoms with Crippen molar-refractivity contribution in [2.45, 2.75) is 17.7 Å². The van der Waals surface area contributed by atoms with Crippen LogP contribution in [0.1, 0.15) is 12.8 Å². The highest BCUT2D eigenvalue weighted by atomic mass is 35.5. The van der Waals surface area contributed by atoms with Crippen molar-refractivity contribution in [2.24, 2.45) is 5.92 Å². The molecule has 0 saturated carbocycles. The van der Waals surface area contributed by atoms with Crippen LogP contribution in [-0.2, 0) is 14.8 Å². The SMILES string of the molecule is CN(C(=O)C1CCN(S(=O)(=O)c2cc(Cl)ccc2Cl)CC1)c1ccc2ccccc2c1. The van der Waals surface area contributed by atoms with Crippen molar-refractivity contribution >= 4 is 55.6 Å². The average Bonchev–Trinajstić information content (AvgIpc) is 2.79. The smallest absolute Gasteiger partial charge is 0.244 e. The van der Waals surface area contributed by atoms with Gasteiger partial charge in [0.2, 0.25) is 15.9 Å². The van der Waals surface area contributed by atoms with Crippen molar-refractivity contribution in [2.75, 3.05) is 25.0 Å². The Morgan fingerprint density at radius 1 is 0.968 bits per heavy atom. The van der Waals surface area contributed by atoms with Crippen LogP contribution in [0.4, 0.5) is 5.69 Å². The molecule has 0 spiro atoms. The summed E-state index contributed by atoms with van der Waals surface area (Å²) in [5.41, 5.74) is 0.824. The van der Waals surface area contributed by atoms with Gasteiger partial charge < -0.3 is 4.90 Å². The summed E-state index contributed by atoms with van der Waals surface area (Å²) in [5, 5.41) is 2.63. The topological polar surface area (TPSA) is 57.7 Å². The molecule has 0 N–H and O–H groups in total. The summed E-state index contributed by atoms with van der Waals surface area (Å²) >= 11 is 12.1. The number of benzene rings is 3. The molecule has 0 radical (unpaired) electrons. The number of fused-ring (bicyclic) bond motifs is 1. The second-order valence-corrected chi connectivity index (χ2v) is 10.4. The van der Waals surface area contributed by atoms with Gasteiger partial charge in [-0.05, 0) is 53.9 Å². The first kappa shape index (κ1) is 22.1. The number of hydrogen-bond acceptors (Lipinski definition) is 3. The Balaban J connectivity index is 1.46. The van der Waals surface area contributed by atoms with E-state index < -0.39 is 10.0 Å². The molecule has 0 atom stereocenters. The minimum absolute atomic E-state index is 0.000255. The molecule has 162 valence electrons. The predicted octanol–water partition coefficient (Wildman–Crippen LogP) is 5.21. The van der Waals surface area contributed by atoms with Gasteiger partial charge in [0, 0.05) is 36.8 Å². The maximum atomic E-state index is 13.1. The lowest BCUT2D eigenvalue weighted by Crippen LogP contribution is -2.43. The van der Waals surface area contributed by atoms with Gasteiger partial charge >= 0.3 is 0 Å².